The zero-order chi connectivity index (χ0) is 12.8. The van der Waals surface area contributed by atoms with Crippen molar-refractivity contribution in [1.29, 1.82) is 0 Å². The lowest BCUT2D eigenvalue weighted by Crippen LogP contribution is -2.37. The fraction of sp³-hybridized carbons (Fsp3) is 0.545. The van der Waals surface area contributed by atoms with Crippen LogP contribution in [0.3, 0.4) is 0 Å². The Hall–Kier alpha value is -1.85. The molecular formula is C11H17N3O3. The molecule has 6 nitrogen and oxygen atoms in total. The van der Waals surface area contributed by atoms with E-state index in [4.69, 9.17) is 4.74 Å². The average molecular weight is 239 g/mol. The van der Waals surface area contributed by atoms with Gasteiger partial charge in [-0.3, -0.25) is 14.3 Å². The Labute approximate surface area is 100 Å². The summed E-state index contributed by atoms with van der Waals surface area (Å²) in [5.74, 6) is -0.585. The van der Waals surface area contributed by atoms with Crippen LogP contribution in [0.5, 0.6) is 0 Å². The zero-order valence-corrected chi connectivity index (χ0v) is 10.3. The summed E-state index contributed by atoms with van der Waals surface area (Å²) in [5.41, 5.74) is 0. The Kier molecular flexibility index (Phi) is 4.68. The van der Waals surface area contributed by atoms with Gasteiger partial charge in [-0.05, 0) is 19.9 Å². The topological polar surface area (TPSA) is 64.4 Å². The first kappa shape index (κ1) is 13.2. The average Bonchev–Trinajstić information content (AvgIpc) is 2.80. The minimum absolute atomic E-state index is 0.0434. The second-order valence-electron chi connectivity index (χ2n) is 3.66. The smallest absolute Gasteiger partial charge is 0.325 e. The molecule has 1 rings (SSSR count). The number of esters is 1. The quantitative estimate of drug-likeness (QED) is 0.700. The van der Waals surface area contributed by atoms with E-state index in [0.717, 1.165) is 0 Å². The standard InChI is InChI=1S/C11H17N3O3/c1-4-17-10(15)8-13(3)11(16)9(2)14-7-5-6-12-14/h5-7,9H,4,8H2,1-3H3. The van der Waals surface area contributed by atoms with Gasteiger partial charge in [0.15, 0.2) is 0 Å². The number of carbonyl (C=O) groups is 2. The van der Waals surface area contributed by atoms with E-state index in [1.165, 1.54) is 4.90 Å². The Morgan fingerprint density at radius 3 is 2.76 bits per heavy atom. The molecule has 6 heteroatoms. The van der Waals surface area contributed by atoms with Crippen LogP contribution in [-0.2, 0) is 14.3 Å². The minimum Gasteiger partial charge on any atom is -0.465 e. The van der Waals surface area contributed by atoms with Crippen LogP contribution >= 0.6 is 0 Å². The van der Waals surface area contributed by atoms with Gasteiger partial charge in [-0.1, -0.05) is 0 Å². The molecule has 0 radical (unpaired) electrons. The predicted molar refractivity (Wildman–Crippen MR) is 61.2 cm³/mol. The number of likely N-dealkylation sites (N-methyl/N-ethyl adjacent to an activating group) is 1. The van der Waals surface area contributed by atoms with Gasteiger partial charge >= 0.3 is 5.97 Å². The van der Waals surface area contributed by atoms with E-state index in [9.17, 15) is 9.59 Å². The molecule has 0 saturated heterocycles. The van der Waals surface area contributed by atoms with Crippen LogP contribution in [0.4, 0.5) is 0 Å². The first-order valence-electron chi connectivity index (χ1n) is 5.46. The maximum Gasteiger partial charge on any atom is 0.325 e. The zero-order valence-electron chi connectivity index (χ0n) is 10.3. The maximum atomic E-state index is 11.9. The van der Waals surface area contributed by atoms with Crippen molar-refractivity contribution in [2.24, 2.45) is 0 Å². The molecule has 17 heavy (non-hydrogen) atoms. The molecule has 0 fully saturated rings. The highest BCUT2D eigenvalue weighted by atomic mass is 16.5. The minimum atomic E-state index is -0.426. The van der Waals surface area contributed by atoms with Gasteiger partial charge in [-0.2, -0.15) is 5.10 Å². The van der Waals surface area contributed by atoms with Crippen molar-refractivity contribution in [2.75, 3.05) is 20.2 Å². The van der Waals surface area contributed by atoms with E-state index >= 15 is 0 Å². The molecule has 0 aliphatic carbocycles. The summed E-state index contributed by atoms with van der Waals surface area (Å²) in [7, 11) is 1.57. The Morgan fingerprint density at radius 1 is 1.53 bits per heavy atom. The van der Waals surface area contributed by atoms with Crippen molar-refractivity contribution in [3.63, 3.8) is 0 Å². The second kappa shape index (κ2) is 6.03. The molecule has 1 amide bonds. The number of hydrogen-bond donors (Lipinski definition) is 0. The summed E-state index contributed by atoms with van der Waals surface area (Å²) in [6.45, 7) is 3.73. The van der Waals surface area contributed by atoms with Crippen LogP contribution in [0.2, 0.25) is 0 Å². The van der Waals surface area contributed by atoms with Gasteiger partial charge in [-0.15, -0.1) is 0 Å². The van der Waals surface area contributed by atoms with Gasteiger partial charge in [0.05, 0.1) is 6.61 Å². The van der Waals surface area contributed by atoms with Crippen molar-refractivity contribution in [3.05, 3.63) is 18.5 Å². The van der Waals surface area contributed by atoms with Gasteiger partial charge in [0.1, 0.15) is 12.6 Å². The Morgan fingerprint density at radius 2 is 2.24 bits per heavy atom. The third-order valence-corrected chi connectivity index (χ3v) is 2.33. The molecular weight excluding hydrogens is 222 g/mol. The molecule has 1 heterocycles. The highest BCUT2D eigenvalue weighted by Gasteiger charge is 2.21. The lowest BCUT2D eigenvalue weighted by Gasteiger charge is -2.20. The summed E-state index contributed by atoms with van der Waals surface area (Å²) in [5, 5.41) is 3.99. The van der Waals surface area contributed by atoms with Crippen molar-refractivity contribution in [1.82, 2.24) is 14.7 Å². The number of nitrogens with zero attached hydrogens (tertiary/aromatic N) is 3. The van der Waals surface area contributed by atoms with E-state index in [-0.39, 0.29) is 12.5 Å². The molecule has 0 spiro atoms. The van der Waals surface area contributed by atoms with Crippen LogP contribution in [0.25, 0.3) is 0 Å². The number of amides is 1. The largest absolute Gasteiger partial charge is 0.465 e. The molecule has 1 aromatic heterocycles. The van der Waals surface area contributed by atoms with Crippen LogP contribution in [0.1, 0.15) is 19.9 Å². The first-order chi connectivity index (χ1) is 8.06. The SMILES string of the molecule is CCOC(=O)CN(C)C(=O)C(C)n1cccn1. The first-order valence-corrected chi connectivity index (χ1v) is 5.46. The summed E-state index contributed by atoms with van der Waals surface area (Å²) in [6.07, 6.45) is 3.32. The van der Waals surface area contributed by atoms with Crippen LogP contribution in [0, 0.1) is 0 Å². The molecule has 0 aliphatic rings. The Balaban J connectivity index is 2.55. The third-order valence-electron chi connectivity index (χ3n) is 2.33. The highest BCUT2D eigenvalue weighted by Crippen LogP contribution is 2.07. The monoisotopic (exact) mass is 239 g/mol. The lowest BCUT2D eigenvalue weighted by molar-refractivity contribution is -0.149. The molecule has 0 aromatic carbocycles. The highest BCUT2D eigenvalue weighted by molar-refractivity contribution is 5.84. The normalized spacial score (nSPS) is 11.9. The molecule has 1 atom stereocenters. The number of aromatic nitrogens is 2. The van der Waals surface area contributed by atoms with E-state index in [0.29, 0.717) is 6.61 Å². The molecule has 0 N–H and O–H groups in total. The predicted octanol–water partition coefficient (Wildman–Crippen LogP) is 0.466. The molecule has 0 aliphatic heterocycles. The van der Waals surface area contributed by atoms with Crippen molar-refractivity contribution >= 4 is 11.9 Å². The van der Waals surface area contributed by atoms with Gasteiger partial charge in [0, 0.05) is 19.4 Å². The van der Waals surface area contributed by atoms with Gasteiger partial charge < -0.3 is 9.64 Å². The lowest BCUT2D eigenvalue weighted by atomic mass is 10.3. The van der Waals surface area contributed by atoms with Crippen LogP contribution in [-0.4, -0.2) is 46.8 Å². The summed E-state index contributed by atoms with van der Waals surface area (Å²) in [4.78, 5) is 24.5. The summed E-state index contributed by atoms with van der Waals surface area (Å²) in [6, 6.07) is 1.32. The van der Waals surface area contributed by atoms with E-state index in [1.807, 2.05) is 0 Å². The second-order valence-corrected chi connectivity index (χ2v) is 3.66. The van der Waals surface area contributed by atoms with Crippen molar-refractivity contribution < 1.29 is 14.3 Å². The maximum absolute atomic E-state index is 11.9. The molecule has 1 unspecified atom stereocenters. The van der Waals surface area contributed by atoms with Gasteiger partial charge in [-0.25, -0.2) is 0 Å². The molecule has 1 aromatic rings. The van der Waals surface area contributed by atoms with Crippen LogP contribution < -0.4 is 0 Å². The molecule has 0 bridgehead atoms. The number of hydrogen-bond acceptors (Lipinski definition) is 4. The fourth-order valence-electron chi connectivity index (χ4n) is 1.42. The van der Waals surface area contributed by atoms with Crippen LogP contribution in [0.15, 0.2) is 18.5 Å². The van der Waals surface area contributed by atoms with Gasteiger partial charge in [0.2, 0.25) is 5.91 Å². The number of rotatable bonds is 5. The van der Waals surface area contributed by atoms with Crippen molar-refractivity contribution in [3.8, 4) is 0 Å². The summed E-state index contributed by atoms with van der Waals surface area (Å²) < 4.78 is 6.32. The van der Waals surface area contributed by atoms with Crippen molar-refractivity contribution in [2.45, 2.75) is 19.9 Å². The summed E-state index contributed by atoms with van der Waals surface area (Å²) >= 11 is 0. The fourth-order valence-corrected chi connectivity index (χ4v) is 1.42. The van der Waals surface area contributed by atoms with E-state index < -0.39 is 12.0 Å². The van der Waals surface area contributed by atoms with E-state index in [2.05, 4.69) is 5.10 Å². The molecule has 0 saturated carbocycles. The Bertz CT molecular complexity index is 375. The third kappa shape index (κ3) is 3.58. The van der Waals surface area contributed by atoms with E-state index in [1.54, 1.807) is 44.0 Å². The molecule has 94 valence electrons. The number of ether oxygens (including phenoxy) is 1. The number of carbonyl (C=O) groups excluding carboxylic acids is 2. The van der Waals surface area contributed by atoms with Gasteiger partial charge in [0.25, 0.3) is 0 Å².